The number of carbonyl (C=O) groups is 1. The Hall–Kier alpha value is -1.13. The van der Waals surface area contributed by atoms with Gasteiger partial charge in [-0.2, -0.15) is 0 Å². The van der Waals surface area contributed by atoms with Crippen LogP contribution in [0.3, 0.4) is 0 Å². The zero-order valence-electron chi connectivity index (χ0n) is 44.1. The summed E-state index contributed by atoms with van der Waals surface area (Å²) < 4.78 is 0. The molecular weight excluding hydrogens is 785 g/mol. The average Bonchev–Trinajstić information content (AvgIpc) is 3.20. The quantitative estimate of drug-likeness (QED) is 0.229. The fourth-order valence-corrected chi connectivity index (χ4v) is 21.5. The van der Waals surface area contributed by atoms with E-state index in [1.807, 2.05) is 5.57 Å². The van der Waals surface area contributed by atoms with E-state index in [2.05, 4.69) is 116 Å². The molecule has 10 rings (SSSR count). The maximum Gasteiger partial charge on any atom is 0.310 e. The van der Waals surface area contributed by atoms with Crippen molar-refractivity contribution in [3.8, 4) is 0 Å². The van der Waals surface area contributed by atoms with Gasteiger partial charge in [-0.1, -0.05) is 127 Å². The van der Waals surface area contributed by atoms with E-state index in [9.17, 15) is 20.1 Å². The van der Waals surface area contributed by atoms with Crippen molar-refractivity contribution in [1.82, 2.24) is 0 Å². The van der Waals surface area contributed by atoms with Crippen LogP contribution in [-0.2, 0) is 4.79 Å². The zero-order chi connectivity index (χ0) is 46.9. The van der Waals surface area contributed by atoms with Gasteiger partial charge in [-0.15, -0.1) is 0 Å². The Kier molecular flexibility index (Phi) is 11.0. The first-order valence-corrected chi connectivity index (χ1v) is 27.5. The molecule has 0 aromatic carbocycles. The molecule has 0 bridgehead atoms. The van der Waals surface area contributed by atoms with E-state index in [1.165, 1.54) is 69.8 Å². The van der Waals surface area contributed by atoms with Crippen LogP contribution >= 0.6 is 0 Å². The van der Waals surface area contributed by atoms with E-state index in [0.717, 1.165) is 81.5 Å². The van der Waals surface area contributed by atoms with Gasteiger partial charge in [0.05, 0.1) is 17.6 Å². The third kappa shape index (κ3) is 6.12. The summed E-state index contributed by atoms with van der Waals surface area (Å²) in [4.78, 5) is 12.8. The first-order valence-electron chi connectivity index (χ1n) is 27.5. The number of hydrogen-bond acceptors (Lipinski definition) is 3. The van der Waals surface area contributed by atoms with E-state index in [0.29, 0.717) is 39.4 Å². The summed E-state index contributed by atoms with van der Waals surface area (Å²) in [6, 6.07) is 0. The molecule has 4 nitrogen and oxygen atoms in total. The van der Waals surface area contributed by atoms with Gasteiger partial charge in [-0.25, -0.2) is 0 Å². The Morgan fingerprint density at radius 2 is 1.00 bits per heavy atom. The zero-order valence-corrected chi connectivity index (χ0v) is 44.1. The first-order chi connectivity index (χ1) is 29.5. The van der Waals surface area contributed by atoms with E-state index in [-0.39, 0.29) is 50.6 Å². The third-order valence-electron chi connectivity index (χ3n) is 26.4. The second-order valence-electron chi connectivity index (χ2n) is 29.7. The van der Waals surface area contributed by atoms with Gasteiger partial charge < -0.3 is 15.3 Å². The van der Waals surface area contributed by atoms with Gasteiger partial charge in [0.15, 0.2) is 0 Å². The van der Waals surface area contributed by atoms with Crippen molar-refractivity contribution in [2.24, 2.45) is 107 Å². The SMILES string of the molecule is CC1(C)CC[C@]2(C(=O)O)CC[C@]3(C)C(=CC[C@@H]4[C@@]5(C)CC[C@H](O)C(C)(C)[C@@H]5CC[C@]43C)[C@@H]2C1.C[C@H]1[C@H](C)CC[C@]2(C)CC[C@]3(C)C(=CC[C@@H]4[C@@]5(C)CC[C@H](O)C(C)(C)[C@@H]5CC[C@]43C)[C@H]12. The molecule has 0 radical (unpaired) electrons. The average molecular weight is 883 g/mol. The molecule has 10 aliphatic rings. The van der Waals surface area contributed by atoms with Crippen LogP contribution in [-0.4, -0.2) is 33.5 Å². The van der Waals surface area contributed by atoms with Crippen LogP contribution in [0, 0.1) is 107 Å². The standard InChI is InChI=1S/C30H48O3.C30H50O/c1-25(2)14-16-30(24(32)33)17-15-28(6)19(20(30)18-25)8-9-22-27(5)12-11-23(31)26(3,4)21(27)10-13-29(22,28)7;1-19-11-14-27(5)17-18-29(7)21(25(27)20(19)2)9-10-23-28(6)15-13-24(31)26(3,4)22(28)12-16-30(23,29)8/h8,20-23,31H,9-18H2,1-7H3,(H,32,33);9,19-20,22-25,31H,10-18H2,1-8H3/t20-,21-,22+,23-,27-,28+,29+,30-;19-,20+,22+,23-,24+,25+,27-,28+,29-,30-/m01/s1. The smallest absolute Gasteiger partial charge is 0.310 e. The molecule has 0 aromatic heterocycles. The summed E-state index contributed by atoms with van der Waals surface area (Å²) in [5.74, 6) is 4.70. The van der Waals surface area contributed by atoms with Crippen molar-refractivity contribution in [3.63, 3.8) is 0 Å². The number of allylic oxidation sites excluding steroid dienone is 4. The number of carboxylic acids is 1. The van der Waals surface area contributed by atoms with Crippen LogP contribution < -0.4 is 0 Å². The van der Waals surface area contributed by atoms with Gasteiger partial charge in [0.1, 0.15) is 0 Å². The maximum atomic E-state index is 12.8. The lowest BCUT2D eigenvalue weighted by atomic mass is 9.33. The number of aliphatic hydroxyl groups excluding tert-OH is 2. The van der Waals surface area contributed by atoms with Crippen molar-refractivity contribution in [1.29, 1.82) is 0 Å². The molecule has 64 heavy (non-hydrogen) atoms. The Morgan fingerprint density at radius 3 is 1.52 bits per heavy atom. The number of aliphatic hydroxyl groups is 2. The topological polar surface area (TPSA) is 77.8 Å². The lowest BCUT2D eigenvalue weighted by molar-refractivity contribution is -0.205. The third-order valence-corrected chi connectivity index (χ3v) is 26.4. The van der Waals surface area contributed by atoms with Gasteiger partial charge in [-0.05, 0) is 223 Å². The molecule has 3 N–H and O–H groups in total. The van der Waals surface area contributed by atoms with Crippen molar-refractivity contribution >= 4 is 5.97 Å². The Morgan fingerprint density at radius 1 is 0.531 bits per heavy atom. The van der Waals surface area contributed by atoms with Crippen LogP contribution in [0.1, 0.15) is 226 Å². The Bertz CT molecular complexity index is 1940. The van der Waals surface area contributed by atoms with Crippen molar-refractivity contribution < 1.29 is 20.1 Å². The number of hydrogen-bond donors (Lipinski definition) is 3. The highest BCUT2D eigenvalue weighted by molar-refractivity contribution is 5.76. The summed E-state index contributed by atoms with van der Waals surface area (Å²) >= 11 is 0. The molecule has 0 aromatic rings. The molecule has 0 unspecified atom stereocenters. The monoisotopic (exact) mass is 883 g/mol. The summed E-state index contributed by atoms with van der Waals surface area (Å²) in [7, 11) is 0. The molecular formula is C60H98O4. The van der Waals surface area contributed by atoms with E-state index in [4.69, 9.17) is 0 Å². The Balaban J connectivity index is 0.000000162. The van der Waals surface area contributed by atoms with Crippen LogP contribution in [0.5, 0.6) is 0 Å². The molecule has 0 aliphatic heterocycles. The summed E-state index contributed by atoms with van der Waals surface area (Å²) in [5, 5.41) is 32.3. The summed E-state index contributed by atoms with van der Waals surface area (Å²) in [6.07, 6.45) is 27.1. The highest BCUT2D eigenvalue weighted by Crippen LogP contribution is 2.78. The minimum atomic E-state index is -0.553. The fourth-order valence-electron chi connectivity index (χ4n) is 21.5. The number of carboxylic acid groups (broad SMARTS) is 1. The van der Waals surface area contributed by atoms with Crippen molar-refractivity contribution in [2.45, 2.75) is 238 Å². The van der Waals surface area contributed by atoms with Crippen LogP contribution in [0.4, 0.5) is 0 Å². The largest absolute Gasteiger partial charge is 0.481 e. The van der Waals surface area contributed by atoms with E-state index in [1.54, 1.807) is 0 Å². The molecule has 0 heterocycles. The minimum absolute atomic E-state index is 0.0301. The normalized spacial score (nSPS) is 55.3. The predicted molar refractivity (Wildman–Crippen MR) is 263 cm³/mol. The van der Waals surface area contributed by atoms with Gasteiger partial charge in [0.25, 0.3) is 0 Å². The van der Waals surface area contributed by atoms with Gasteiger partial charge in [-0.3, -0.25) is 4.79 Å². The minimum Gasteiger partial charge on any atom is -0.481 e. The molecule has 362 valence electrons. The van der Waals surface area contributed by atoms with Crippen LogP contribution in [0.15, 0.2) is 23.3 Å². The molecule has 0 spiro atoms. The summed E-state index contributed by atoms with van der Waals surface area (Å²) in [6.45, 7) is 37.5. The maximum absolute atomic E-state index is 12.8. The second kappa shape index (κ2) is 14.7. The number of fused-ring (bicyclic) bond motifs is 14. The molecule has 4 heteroatoms. The number of aliphatic carboxylic acids is 1. The van der Waals surface area contributed by atoms with Crippen molar-refractivity contribution in [2.75, 3.05) is 0 Å². The van der Waals surface area contributed by atoms with Gasteiger partial charge >= 0.3 is 5.97 Å². The lowest BCUT2D eigenvalue weighted by Gasteiger charge is -2.71. The van der Waals surface area contributed by atoms with Gasteiger partial charge in [0.2, 0.25) is 0 Å². The fraction of sp³-hybridized carbons (Fsp3) is 0.917. The molecule has 18 atom stereocenters. The Labute approximate surface area is 392 Å². The molecule has 8 fully saturated rings. The van der Waals surface area contributed by atoms with Crippen LogP contribution in [0.25, 0.3) is 0 Å². The predicted octanol–water partition coefficient (Wildman–Crippen LogP) is 15.3. The molecule has 0 amide bonds. The van der Waals surface area contributed by atoms with Crippen LogP contribution in [0.2, 0.25) is 0 Å². The lowest BCUT2D eigenvalue weighted by Crippen LogP contribution is -2.65. The highest BCUT2D eigenvalue weighted by Gasteiger charge is 2.71. The van der Waals surface area contributed by atoms with Gasteiger partial charge in [0, 0.05) is 0 Å². The molecule has 10 aliphatic carbocycles. The second-order valence-corrected chi connectivity index (χ2v) is 29.7. The van der Waals surface area contributed by atoms with E-state index >= 15 is 0 Å². The van der Waals surface area contributed by atoms with Crippen molar-refractivity contribution in [3.05, 3.63) is 23.3 Å². The number of rotatable bonds is 1. The molecule has 8 saturated carbocycles. The molecule has 0 saturated heterocycles. The van der Waals surface area contributed by atoms with E-state index < -0.39 is 11.4 Å². The first kappa shape index (κ1) is 47.9. The summed E-state index contributed by atoms with van der Waals surface area (Å²) in [5.41, 5.74) is 5.27. The highest BCUT2D eigenvalue weighted by atomic mass is 16.4.